The zero-order valence-corrected chi connectivity index (χ0v) is 18.8. The van der Waals surface area contributed by atoms with Crippen molar-refractivity contribution in [1.29, 1.82) is 0 Å². The molecule has 2 aromatic carbocycles. The SMILES string of the molecule is C[C@H]1Cc2cc(-c3csc(NC(=O)c4ccc(Br)cc4)n3)ccc2N1C(=O)C1CC1. The number of carbonyl (C=O) groups is 2. The van der Waals surface area contributed by atoms with E-state index < -0.39 is 0 Å². The van der Waals surface area contributed by atoms with E-state index in [0.29, 0.717) is 10.7 Å². The Balaban J connectivity index is 1.34. The van der Waals surface area contributed by atoms with Crippen LogP contribution in [-0.2, 0) is 11.2 Å². The van der Waals surface area contributed by atoms with Crippen molar-refractivity contribution in [1.82, 2.24) is 4.98 Å². The topological polar surface area (TPSA) is 62.3 Å². The van der Waals surface area contributed by atoms with Gasteiger partial charge in [-0.05, 0) is 68.1 Å². The second-order valence-electron chi connectivity index (χ2n) is 7.88. The van der Waals surface area contributed by atoms with Gasteiger partial charge in [0.1, 0.15) is 0 Å². The van der Waals surface area contributed by atoms with Gasteiger partial charge in [0.2, 0.25) is 5.91 Å². The maximum absolute atomic E-state index is 12.6. The van der Waals surface area contributed by atoms with Crippen LogP contribution in [0.3, 0.4) is 0 Å². The third kappa shape index (κ3) is 3.68. The van der Waals surface area contributed by atoms with Crippen molar-refractivity contribution < 1.29 is 9.59 Å². The van der Waals surface area contributed by atoms with E-state index in [9.17, 15) is 9.59 Å². The van der Waals surface area contributed by atoms with Crippen LogP contribution in [0.25, 0.3) is 11.3 Å². The van der Waals surface area contributed by atoms with Crippen molar-refractivity contribution in [3.8, 4) is 11.3 Å². The molecular weight excluding hydrogens is 462 g/mol. The van der Waals surface area contributed by atoms with Crippen molar-refractivity contribution in [2.24, 2.45) is 5.92 Å². The number of benzene rings is 2. The minimum atomic E-state index is -0.180. The highest BCUT2D eigenvalue weighted by Gasteiger charge is 2.39. The maximum Gasteiger partial charge on any atom is 0.257 e. The number of nitrogens with one attached hydrogen (secondary N) is 1. The highest BCUT2D eigenvalue weighted by molar-refractivity contribution is 9.10. The average Bonchev–Trinajstić information content (AvgIpc) is 3.39. The Morgan fingerprint density at radius 1 is 1.17 bits per heavy atom. The third-order valence-electron chi connectivity index (χ3n) is 5.59. The van der Waals surface area contributed by atoms with Crippen LogP contribution in [0.1, 0.15) is 35.7 Å². The number of amides is 2. The van der Waals surface area contributed by atoms with Gasteiger partial charge in [0.15, 0.2) is 5.13 Å². The number of aromatic nitrogens is 1. The molecule has 0 unspecified atom stereocenters. The molecule has 1 N–H and O–H groups in total. The Morgan fingerprint density at radius 3 is 2.67 bits per heavy atom. The van der Waals surface area contributed by atoms with Gasteiger partial charge in [-0.25, -0.2) is 4.98 Å². The molecule has 3 aromatic rings. The molecular formula is C23H20BrN3O2S. The average molecular weight is 482 g/mol. The van der Waals surface area contributed by atoms with Gasteiger partial charge in [-0.2, -0.15) is 0 Å². The van der Waals surface area contributed by atoms with E-state index in [4.69, 9.17) is 0 Å². The number of thiazole rings is 1. The van der Waals surface area contributed by atoms with Gasteiger partial charge in [-0.1, -0.05) is 22.0 Å². The molecule has 2 aliphatic rings. The summed E-state index contributed by atoms with van der Waals surface area (Å²) in [5.74, 6) is 0.300. The first-order chi connectivity index (χ1) is 14.5. The fourth-order valence-electron chi connectivity index (χ4n) is 3.89. The molecule has 1 saturated carbocycles. The predicted molar refractivity (Wildman–Crippen MR) is 123 cm³/mol. The minimum Gasteiger partial charge on any atom is -0.309 e. The predicted octanol–water partition coefficient (Wildman–Crippen LogP) is 5.51. The van der Waals surface area contributed by atoms with Crippen LogP contribution in [0.4, 0.5) is 10.8 Å². The molecule has 1 aliphatic carbocycles. The van der Waals surface area contributed by atoms with Crippen LogP contribution < -0.4 is 10.2 Å². The Labute approximate surface area is 187 Å². The van der Waals surface area contributed by atoms with Gasteiger partial charge in [-0.3, -0.25) is 14.9 Å². The first-order valence-electron chi connectivity index (χ1n) is 9.98. The van der Waals surface area contributed by atoms with Crippen LogP contribution in [0.15, 0.2) is 52.3 Å². The quantitative estimate of drug-likeness (QED) is 0.533. The molecule has 1 atom stereocenters. The van der Waals surface area contributed by atoms with E-state index in [0.717, 1.165) is 40.7 Å². The normalized spacial score (nSPS) is 17.7. The van der Waals surface area contributed by atoms with E-state index in [2.05, 4.69) is 39.2 Å². The Bertz CT molecular complexity index is 1140. The van der Waals surface area contributed by atoms with Crippen LogP contribution in [0, 0.1) is 5.92 Å². The summed E-state index contributed by atoms with van der Waals surface area (Å²) in [5, 5.41) is 5.38. The van der Waals surface area contributed by atoms with Crippen LogP contribution in [0.2, 0.25) is 0 Å². The highest BCUT2D eigenvalue weighted by Crippen LogP contribution is 2.40. The molecule has 2 amide bonds. The van der Waals surface area contributed by atoms with Gasteiger partial charge in [0.25, 0.3) is 5.91 Å². The van der Waals surface area contributed by atoms with Crippen molar-refractivity contribution >= 4 is 49.9 Å². The van der Waals surface area contributed by atoms with E-state index in [1.165, 1.54) is 16.9 Å². The smallest absolute Gasteiger partial charge is 0.257 e. The van der Waals surface area contributed by atoms with Crippen molar-refractivity contribution in [2.75, 3.05) is 10.2 Å². The maximum atomic E-state index is 12.6. The third-order valence-corrected chi connectivity index (χ3v) is 6.87. The molecule has 1 aliphatic heterocycles. The lowest BCUT2D eigenvalue weighted by molar-refractivity contribution is -0.120. The number of anilines is 2. The number of halogens is 1. The lowest BCUT2D eigenvalue weighted by Crippen LogP contribution is -2.36. The van der Waals surface area contributed by atoms with Gasteiger partial charge in [0, 0.05) is 38.6 Å². The summed E-state index contributed by atoms with van der Waals surface area (Å²) in [6.45, 7) is 2.11. The van der Waals surface area contributed by atoms with E-state index in [1.54, 1.807) is 12.1 Å². The van der Waals surface area contributed by atoms with Crippen LogP contribution in [0.5, 0.6) is 0 Å². The molecule has 0 bridgehead atoms. The molecule has 0 saturated heterocycles. The standard InChI is InChI=1S/C23H20BrN3O2S/c1-13-10-17-11-16(6-9-20(17)27(13)22(29)15-2-3-15)19-12-30-23(25-19)26-21(28)14-4-7-18(24)8-5-14/h4-9,11-13,15H,2-3,10H2,1H3,(H,25,26,28)/t13-/m0/s1. The summed E-state index contributed by atoms with van der Waals surface area (Å²) in [6, 6.07) is 13.6. The number of hydrogen-bond donors (Lipinski definition) is 1. The zero-order chi connectivity index (χ0) is 20.8. The molecule has 5 rings (SSSR count). The summed E-state index contributed by atoms with van der Waals surface area (Å²) in [4.78, 5) is 31.6. The fraction of sp³-hybridized carbons (Fsp3) is 0.261. The molecule has 0 spiro atoms. The van der Waals surface area contributed by atoms with Gasteiger partial charge < -0.3 is 4.90 Å². The summed E-state index contributed by atoms with van der Waals surface area (Å²) in [5.41, 5.74) is 4.63. The summed E-state index contributed by atoms with van der Waals surface area (Å²) in [7, 11) is 0. The molecule has 30 heavy (non-hydrogen) atoms. The largest absolute Gasteiger partial charge is 0.309 e. The van der Waals surface area contributed by atoms with E-state index >= 15 is 0 Å². The second-order valence-corrected chi connectivity index (χ2v) is 9.65. The van der Waals surface area contributed by atoms with Crippen molar-refractivity contribution in [2.45, 2.75) is 32.2 Å². The van der Waals surface area contributed by atoms with Gasteiger partial charge in [0.05, 0.1) is 5.69 Å². The van der Waals surface area contributed by atoms with Crippen molar-refractivity contribution in [3.63, 3.8) is 0 Å². The Morgan fingerprint density at radius 2 is 1.93 bits per heavy atom. The molecule has 7 heteroatoms. The van der Waals surface area contributed by atoms with Gasteiger partial charge in [-0.15, -0.1) is 11.3 Å². The molecule has 2 heterocycles. The van der Waals surface area contributed by atoms with Crippen LogP contribution in [-0.4, -0.2) is 22.8 Å². The van der Waals surface area contributed by atoms with Crippen LogP contribution >= 0.6 is 27.3 Å². The minimum absolute atomic E-state index is 0.180. The highest BCUT2D eigenvalue weighted by atomic mass is 79.9. The fourth-order valence-corrected chi connectivity index (χ4v) is 4.87. The molecule has 1 aromatic heterocycles. The Kier molecular flexibility index (Phi) is 4.95. The number of hydrogen-bond acceptors (Lipinski definition) is 4. The molecule has 0 radical (unpaired) electrons. The molecule has 1 fully saturated rings. The number of rotatable bonds is 4. The van der Waals surface area contributed by atoms with Gasteiger partial charge >= 0.3 is 0 Å². The number of nitrogens with zero attached hydrogens (tertiary/aromatic N) is 2. The molecule has 5 nitrogen and oxygen atoms in total. The first kappa shape index (κ1) is 19.5. The lowest BCUT2D eigenvalue weighted by atomic mass is 10.1. The second kappa shape index (κ2) is 7.63. The Hall–Kier alpha value is -2.51. The summed E-state index contributed by atoms with van der Waals surface area (Å²) < 4.78 is 0.930. The zero-order valence-electron chi connectivity index (χ0n) is 16.4. The summed E-state index contributed by atoms with van der Waals surface area (Å²) >= 11 is 4.78. The monoisotopic (exact) mass is 481 g/mol. The first-order valence-corrected chi connectivity index (χ1v) is 11.7. The number of fused-ring (bicyclic) bond motifs is 1. The summed E-state index contributed by atoms with van der Waals surface area (Å²) in [6.07, 6.45) is 2.89. The molecule has 152 valence electrons. The van der Waals surface area contributed by atoms with E-state index in [-0.39, 0.29) is 23.8 Å². The number of carbonyl (C=O) groups excluding carboxylic acids is 2. The van der Waals surface area contributed by atoms with Crippen molar-refractivity contribution in [3.05, 3.63) is 63.4 Å². The van der Waals surface area contributed by atoms with E-state index in [1.807, 2.05) is 34.5 Å². The lowest BCUT2D eigenvalue weighted by Gasteiger charge is -2.22.